The van der Waals surface area contributed by atoms with Gasteiger partial charge in [-0.15, -0.1) is 12.4 Å². The van der Waals surface area contributed by atoms with E-state index in [1.54, 1.807) is 0 Å². The monoisotopic (exact) mass is 401 g/mol. The van der Waals surface area contributed by atoms with Crippen LogP contribution in [-0.2, 0) is 21.5 Å². The summed E-state index contributed by atoms with van der Waals surface area (Å²) in [5.74, 6) is 0.841. The molecule has 0 radical (unpaired) electrons. The highest BCUT2D eigenvalue weighted by Gasteiger charge is 2.38. The normalized spacial score (nSPS) is 17.3. The van der Waals surface area contributed by atoms with Gasteiger partial charge in [-0.1, -0.05) is 30.8 Å². The van der Waals surface area contributed by atoms with Crippen molar-refractivity contribution in [2.45, 2.75) is 76.8 Å². The molecule has 2 rings (SSSR count). The summed E-state index contributed by atoms with van der Waals surface area (Å²) in [5.41, 5.74) is -0.547. The molecule has 0 spiro atoms. The van der Waals surface area contributed by atoms with Crippen LogP contribution < -0.4 is 16.0 Å². The summed E-state index contributed by atoms with van der Waals surface area (Å²) in [6, 6.07) is 0.224. The molecule has 1 aromatic rings. The van der Waals surface area contributed by atoms with Crippen LogP contribution in [-0.4, -0.2) is 41.6 Å². The first-order chi connectivity index (χ1) is 12.4. The highest BCUT2D eigenvalue weighted by Crippen LogP contribution is 2.34. The Hall–Kier alpha value is -1.67. The Bertz CT molecular complexity index is 600. The van der Waals surface area contributed by atoms with Crippen LogP contribution in [0, 0.1) is 0 Å². The second kappa shape index (κ2) is 11.2. The summed E-state index contributed by atoms with van der Waals surface area (Å²) in [4.78, 5) is 28.1. The van der Waals surface area contributed by atoms with Crippen LogP contribution in [0.5, 0.6) is 0 Å². The van der Waals surface area contributed by atoms with Gasteiger partial charge in [-0.3, -0.25) is 9.59 Å². The second-order valence-electron chi connectivity index (χ2n) is 7.18. The molecule has 1 aliphatic carbocycles. The van der Waals surface area contributed by atoms with Crippen molar-refractivity contribution in [1.29, 1.82) is 0 Å². The van der Waals surface area contributed by atoms with Crippen LogP contribution >= 0.6 is 12.4 Å². The van der Waals surface area contributed by atoms with Crippen molar-refractivity contribution in [1.82, 2.24) is 26.1 Å². The van der Waals surface area contributed by atoms with Gasteiger partial charge in [0.2, 0.25) is 17.7 Å². The first-order valence-electron chi connectivity index (χ1n) is 9.51. The number of nitrogens with zero attached hydrogens (tertiary/aromatic N) is 2. The average molecular weight is 402 g/mol. The average Bonchev–Trinajstić information content (AvgIpc) is 2.98. The van der Waals surface area contributed by atoms with E-state index < -0.39 is 5.54 Å². The van der Waals surface area contributed by atoms with Crippen molar-refractivity contribution in [3.05, 3.63) is 11.7 Å². The fourth-order valence-corrected chi connectivity index (χ4v) is 3.30. The molecule has 1 atom stereocenters. The van der Waals surface area contributed by atoms with Crippen LogP contribution in [0.1, 0.15) is 70.5 Å². The number of carbonyl (C=O) groups is 2. The van der Waals surface area contributed by atoms with E-state index in [0.717, 1.165) is 38.5 Å². The molecule has 0 aliphatic heterocycles. The maximum absolute atomic E-state index is 11.9. The summed E-state index contributed by atoms with van der Waals surface area (Å²) in [7, 11) is 1.86. The molecule has 1 aromatic heterocycles. The Balaban J connectivity index is 0.00000364. The van der Waals surface area contributed by atoms with Crippen molar-refractivity contribution >= 4 is 24.2 Å². The quantitative estimate of drug-likeness (QED) is 0.573. The topological polar surface area (TPSA) is 109 Å². The number of halogens is 1. The number of amides is 2. The lowest BCUT2D eigenvalue weighted by molar-refractivity contribution is -0.122. The van der Waals surface area contributed by atoms with Crippen LogP contribution in [0.2, 0.25) is 0 Å². The van der Waals surface area contributed by atoms with Gasteiger partial charge in [0.15, 0.2) is 5.82 Å². The molecule has 1 saturated carbocycles. The van der Waals surface area contributed by atoms with E-state index in [-0.39, 0.29) is 30.3 Å². The van der Waals surface area contributed by atoms with E-state index in [1.807, 2.05) is 14.0 Å². The predicted molar refractivity (Wildman–Crippen MR) is 105 cm³/mol. The van der Waals surface area contributed by atoms with E-state index in [0.29, 0.717) is 31.1 Å². The Morgan fingerprint density at radius 2 is 1.89 bits per heavy atom. The highest BCUT2D eigenvalue weighted by molar-refractivity contribution is 5.85. The lowest BCUT2D eigenvalue weighted by atomic mass is 9.89. The second-order valence-corrected chi connectivity index (χ2v) is 7.18. The maximum atomic E-state index is 11.9. The Labute approximate surface area is 167 Å². The minimum absolute atomic E-state index is 0. The minimum atomic E-state index is -0.547. The van der Waals surface area contributed by atoms with E-state index in [9.17, 15) is 9.59 Å². The van der Waals surface area contributed by atoms with E-state index in [2.05, 4.69) is 26.1 Å². The Kier molecular flexibility index (Phi) is 9.73. The molecule has 1 aliphatic rings. The van der Waals surface area contributed by atoms with Gasteiger partial charge in [-0.2, -0.15) is 4.98 Å². The van der Waals surface area contributed by atoms with Crippen molar-refractivity contribution < 1.29 is 14.1 Å². The molecule has 27 heavy (non-hydrogen) atoms. The maximum Gasteiger partial charge on any atom is 0.227 e. The third-order valence-corrected chi connectivity index (χ3v) is 4.93. The van der Waals surface area contributed by atoms with Crippen LogP contribution in [0.25, 0.3) is 0 Å². The Morgan fingerprint density at radius 3 is 2.48 bits per heavy atom. The number of nitrogens with one attached hydrogen (secondary N) is 3. The van der Waals surface area contributed by atoms with Gasteiger partial charge in [0, 0.05) is 32.4 Å². The molecule has 0 aromatic carbocycles. The molecular formula is C18H32ClN5O3. The standard InChI is InChI=1S/C18H31N5O3.ClH/c1-13(19-3)12-20-15(25)8-9-16-21-17(23-26-16)18(22-14(2)24)10-6-4-5-7-11-18;/h13,19H,4-12H2,1-3H3,(H,20,25)(H,22,24);1H. The van der Waals surface area contributed by atoms with Gasteiger partial charge in [0.25, 0.3) is 0 Å². The third kappa shape index (κ3) is 7.10. The van der Waals surface area contributed by atoms with Gasteiger partial charge < -0.3 is 20.5 Å². The molecule has 0 bridgehead atoms. The van der Waals surface area contributed by atoms with Gasteiger partial charge in [0.1, 0.15) is 5.54 Å². The lowest BCUT2D eigenvalue weighted by Gasteiger charge is -2.30. The molecular weight excluding hydrogens is 370 g/mol. The zero-order chi connectivity index (χ0) is 19.0. The zero-order valence-corrected chi connectivity index (χ0v) is 17.3. The first-order valence-corrected chi connectivity index (χ1v) is 9.51. The summed E-state index contributed by atoms with van der Waals surface area (Å²) in [5, 5.41) is 13.1. The van der Waals surface area contributed by atoms with Gasteiger partial charge in [0.05, 0.1) is 0 Å². The van der Waals surface area contributed by atoms with E-state index in [4.69, 9.17) is 4.52 Å². The van der Waals surface area contributed by atoms with Crippen LogP contribution in [0.4, 0.5) is 0 Å². The number of hydrogen-bond acceptors (Lipinski definition) is 6. The molecule has 8 nitrogen and oxygen atoms in total. The molecule has 1 unspecified atom stereocenters. The fraction of sp³-hybridized carbons (Fsp3) is 0.778. The molecule has 154 valence electrons. The fourth-order valence-electron chi connectivity index (χ4n) is 3.30. The zero-order valence-electron chi connectivity index (χ0n) is 16.5. The van der Waals surface area contributed by atoms with E-state index in [1.165, 1.54) is 6.92 Å². The third-order valence-electron chi connectivity index (χ3n) is 4.93. The van der Waals surface area contributed by atoms with E-state index >= 15 is 0 Å². The molecule has 3 N–H and O–H groups in total. The van der Waals surface area contributed by atoms with Crippen molar-refractivity contribution in [3.63, 3.8) is 0 Å². The number of likely N-dealkylation sites (N-methyl/N-ethyl adjacent to an activating group) is 1. The summed E-state index contributed by atoms with van der Waals surface area (Å²) >= 11 is 0. The van der Waals surface area contributed by atoms with Crippen molar-refractivity contribution in [2.75, 3.05) is 13.6 Å². The summed E-state index contributed by atoms with van der Waals surface area (Å²) in [6.07, 6.45) is 6.66. The number of aryl methyl sites for hydroxylation is 1. The van der Waals surface area contributed by atoms with Gasteiger partial charge in [-0.25, -0.2) is 0 Å². The highest BCUT2D eigenvalue weighted by atomic mass is 35.5. The molecule has 2 amide bonds. The number of carbonyl (C=O) groups excluding carboxylic acids is 2. The number of hydrogen-bond donors (Lipinski definition) is 3. The van der Waals surface area contributed by atoms with Crippen LogP contribution in [0.3, 0.4) is 0 Å². The van der Waals surface area contributed by atoms with Crippen LogP contribution in [0.15, 0.2) is 4.52 Å². The van der Waals surface area contributed by atoms with Gasteiger partial charge in [-0.05, 0) is 26.8 Å². The summed E-state index contributed by atoms with van der Waals surface area (Å²) < 4.78 is 5.36. The summed E-state index contributed by atoms with van der Waals surface area (Å²) in [6.45, 7) is 4.10. The first kappa shape index (κ1) is 23.4. The molecule has 1 heterocycles. The molecule has 1 fully saturated rings. The largest absolute Gasteiger partial charge is 0.355 e. The minimum Gasteiger partial charge on any atom is -0.355 e. The lowest BCUT2D eigenvalue weighted by Crippen LogP contribution is -2.45. The molecule has 0 saturated heterocycles. The number of rotatable bonds is 8. The Morgan fingerprint density at radius 1 is 1.22 bits per heavy atom. The van der Waals surface area contributed by atoms with Crippen molar-refractivity contribution in [2.24, 2.45) is 0 Å². The molecule has 9 heteroatoms. The smallest absolute Gasteiger partial charge is 0.227 e. The predicted octanol–water partition coefficient (Wildman–Crippen LogP) is 1.83. The SMILES string of the molecule is CNC(C)CNC(=O)CCc1nc(C2(NC(C)=O)CCCCCC2)no1.Cl. The van der Waals surface area contributed by atoms with Gasteiger partial charge >= 0.3 is 0 Å². The number of aromatic nitrogens is 2. The van der Waals surface area contributed by atoms with Crippen molar-refractivity contribution in [3.8, 4) is 0 Å².